The van der Waals surface area contributed by atoms with E-state index in [9.17, 15) is 9.59 Å². The van der Waals surface area contributed by atoms with Crippen molar-refractivity contribution in [2.75, 3.05) is 46.0 Å². The van der Waals surface area contributed by atoms with Gasteiger partial charge in [0.2, 0.25) is 5.91 Å². The molecule has 0 saturated carbocycles. The normalized spacial score (nSPS) is 16.0. The average Bonchev–Trinajstić information content (AvgIpc) is 3.40. The maximum atomic E-state index is 12.5. The molecule has 2 aliphatic heterocycles. The van der Waals surface area contributed by atoms with E-state index in [0.29, 0.717) is 56.4 Å². The van der Waals surface area contributed by atoms with Gasteiger partial charge < -0.3 is 24.4 Å². The lowest BCUT2D eigenvalue weighted by Gasteiger charge is -2.23. The summed E-state index contributed by atoms with van der Waals surface area (Å²) in [6, 6.07) is 13.3. The average molecular weight is 482 g/mol. The summed E-state index contributed by atoms with van der Waals surface area (Å²) in [6.45, 7) is 7.43. The van der Waals surface area contributed by atoms with Crippen molar-refractivity contribution in [1.82, 2.24) is 5.32 Å². The van der Waals surface area contributed by atoms with Crippen LogP contribution in [-0.2, 0) is 11.2 Å². The van der Waals surface area contributed by atoms with Crippen molar-refractivity contribution >= 4 is 11.7 Å². The Morgan fingerprint density at radius 1 is 1.03 bits per heavy atom. The number of ether oxygens (including phenoxy) is 3. The summed E-state index contributed by atoms with van der Waals surface area (Å²) in [6.07, 6.45) is 4.23. The molecule has 2 aromatic rings. The smallest absolute Gasteiger partial charge is 0.223 e. The molecule has 2 heterocycles. The molecule has 0 aromatic heterocycles. The molecule has 35 heavy (non-hydrogen) atoms. The second-order valence-electron chi connectivity index (χ2n) is 9.41. The summed E-state index contributed by atoms with van der Waals surface area (Å²) in [7, 11) is 0. The summed E-state index contributed by atoms with van der Waals surface area (Å²) in [5, 5.41) is 3.12. The van der Waals surface area contributed by atoms with Crippen LogP contribution in [0.1, 0.15) is 48.5 Å². The minimum atomic E-state index is -0.00798. The molecule has 188 valence electrons. The number of Topliss-reactive ketones (excluding diaryl/α,β-unsaturated/α-hetero) is 1. The molecule has 2 N–H and O–H groups in total. The fraction of sp³-hybridized carbons (Fsp3) is 0.500. The summed E-state index contributed by atoms with van der Waals surface area (Å²) >= 11 is 0. The van der Waals surface area contributed by atoms with E-state index >= 15 is 0 Å². The molecule has 4 rings (SSSR count). The number of hydrogen-bond donors (Lipinski definition) is 2. The van der Waals surface area contributed by atoms with Gasteiger partial charge in [-0.1, -0.05) is 13.0 Å². The molecule has 1 atom stereocenters. The van der Waals surface area contributed by atoms with Gasteiger partial charge in [-0.3, -0.25) is 9.59 Å². The number of carbonyl (C=O) groups is 2. The summed E-state index contributed by atoms with van der Waals surface area (Å²) in [4.78, 5) is 25.9. The number of amides is 1. The molecule has 1 fully saturated rings. The number of likely N-dealkylation sites (tertiary alicyclic amines) is 1. The molecule has 1 saturated heterocycles. The number of ketones is 1. The van der Waals surface area contributed by atoms with E-state index in [1.807, 2.05) is 13.0 Å². The van der Waals surface area contributed by atoms with Gasteiger partial charge in [-0.25, -0.2) is 0 Å². The zero-order valence-electron chi connectivity index (χ0n) is 20.6. The van der Waals surface area contributed by atoms with Crippen LogP contribution in [0.25, 0.3) is 0 Å². The highest BCUT2D eigenvalue weighted by Gasteiger charge is 2.23. The Morgan fingerprint density at radius 3 is 2.51 bits per heavy atom. The van der Waals surface area contributed by atoms with Crippen molar-refractivity contribution in [2.45, 2.75) is 39.0 Å². The van der Waals surface area contributed by atoms with Gasteiger partial charge in [0.15, 0.2) is 17.3 Å². The summed E-state index contributed by atoms with van der Waals surface area (Å²) in [5.41, 5.74) is 1.89. The lowest BCUT2D eigenvalue weighted by Crippen LogP contribution is -3.10. The molecular formula is C28H37N2O5+. The number of carbonyl (C=O) groups excluding carboxylic acids is 2. The second kappa shape index (κ2) is 12.6. The molecular weight excluding hydrogens is 444 g/mol. The predicted molar refractivity (Wildman–Crippen MR) is 134 cm³/mol. The van der Waals surface area contributed by atoms with Crippen LogP contribution in [0, 0.1) is 5.92 Å². The number of quaternary nitrogens is 1. The number of rotatable bonds is 12. The monoisotopic (exact) mass is 481 g/mol. The van der Waals surface area contributed by atoms with Crippen LogP contribution in [0.2, 0.25) is 0 Å². The van der Waals surface area contributed by atoms with Gasteiger partial charge in [0.05, 0.1) is 32.7 Å². The largest absolute Gasteiger partial charge is 0.493 e. The third kappa shape index (κ3) is 7.46. The number of fused-ring (bicyclic) bond motifs is 1. The van der Waals surface area contributed by atoms with Gasteiger partial charge in [-0.2, -0.15) is 0 Å². The van der Waals surface area contributed by atoms with Crippen LogP contribution in [0.4, 0.5) is 0 Å². The Kier molecular flexibility index (Phi) is 9.01. The summed E-state index contributed by atoms with van der Waals surface area (Å²) in [5.74, 6) is 2.73. The fourth-order valence-electron chi connectivity index (χ4n) is 4.80. The molecule has 7 heteroatoms. The first-order valence-corrected chi connectivity index (χ1v) is 12.9. The molecule has 2 aromatic carbocycles. The topological polar surface area (TPSA) is 78.3 Å². The first kappa shape index (κ1) is 25.0. The van der Waals surface area contributed by atoms with Gasteiger partial charge in [0.25, 0.3) is 0 Å². The zero-order chi connectivity index (χ0) is 24.5. The van der Waals surface area contributed by atoms with Crippen molar-refractivity contribution in [3.63, 3.8) is 0 Å². The van der Waals surface area contributed by atoms with Crippen LogP contribution < -0.4 is 24.4 Å². The van der Waals surface area contributed by atoms with E-state index in [4.69, 9.17) is 14.2 Å². The van der Waals surface area contributed by atoms with E-state index in [1.54, 1.807) is 29.2 Å². The van der Waals surface area contributed by atoms with Gasteiger partial charge in [-0.05, 0) is 48.4 Å². The molecule has 0 aliphatic carbocycles. The minimum absolute atomic E-state index is 0.00798. The van der Waals surface area contributed by atoms with Crippen molar-refractivity contribution in [1.29, 1.82) is 0 Å². The van der Waals surface area contributed by atoms with E-state index in [1.165, 1.54) is 31.5 Å². The van der Waals surface area contributed by atoms with Crippen molar-refractivity contribution in [3.8, 4) is 17.2 Å². The Balaban J connectivity index is 1.25. The molecule has 0 unspecified atom stereocenters. The molecule has 1 amide bonds. The van der Waals surface area contributed by atoms with Crippen LogP contribution in [0.5, 0.6) is 17.2 Å². The minimum Gasteiger partial charge on any atom is -0.493 e. The maximum Gasteiger partial charge on any atom is 0.223 e. The lowest BCUT2D eigenvalue weighted by atomic mass is 9.98. The highest BCUT2D eigenvalue weighted by Crippen LogP contribution is 2.31. The molecule has 7 nitrogen and oxygen atoms in total. The van der Waals surface area contributed by atoms with E-state index in [2.05, 4.69) is 17.4 Å². The third-order valence-corrected chi connectivity index (χ3v) is 6.70. The summed E-state index contributed by atoms with van der Waals surface area (Å²) < 4.78 is 17.1. The predicted octanol–water partition coefficient (Wildman–Crippen LogP) is 2.47. The molecule has 0 bridgehead atoms. The maximum absolute atomic E-state index is 12.5. The fourth-order valence-corrected chi connectivity index (χ4v) is 4.80. The first-order chi connectivity index (χ1) is 17.1. The SMILES string of the molecule is CCC(=O)c1ccc(OCCC(=O)NC[C@@H](Cc2ccc3c(c2)OCCO3)C[NH+]2CCCC2)cc1. The number of nitrogens with one attached hydrogen (secondary N) is 2. The van der Waals surface area contributed by atoms with E-state index in [0.717, 1.165) is 24.5 Å². The van der Waals surface area contributed by atoms with Crippen molar-refractivity contribution in [2.24, 2.45) is 5.92 Å². The Hall–Kier alpha value is -3.06. The Morgan fingerprint density at radius 2 is 1.77 bits per heavy atom. The third-order valence-electron chi connectivity index (χ3n) is 6.70. The Labute approximate surface area is 207 Å². The van der Waals surface area contributed by atoms with E-state index in [-0.39, 0.29) is 11.7 Å². The van der Waals surface area contributed by atoms with Crippen LogP contribution in [0.15, 0.2) is 42.5 Å². The van der Waals surface area contributed by atoms with Gasteiger partial charge in [0.1, 0.15) is 19.0 Å². The van der Waals surface area contributed by atoms with Gasteiger partial charge >= 0.3 is 0 Å². The molecule has 0 spiro atoms. The highest BCUT2D eigenvalue weighted by molar-refractivity contribution is 5.95. The lowest BCUT2D eigenvalue weighted by molar-refractivity contribution is -0.890. The van der Waals surface area contributed by atoms with Crippen LogP contribution in [0.3, 0.4) is 0 Å². The quantitative estimate of drug-likeness (QED) is 0.456. The van der Waals surface area contributed by atoms with Gasteiger partial charge in [0, 0.05) is 37.3 Å². The van der Waals surface area contributed by atoms with Gasteiger partial charge in [-0.15, -0.1) is 0 Å². The number of benzene rings is 2. The standard InChI is InChI=1S/C28H36N2O5/c1-2-25(31)23-6-8-24(9-7-23)33-14-11-28(32)29-19-22(20-30-12-3-4-13-30)17-21-5-10-26-27(18-21)35-16-15-34-26/h5-10,18,22H,2-4,11-17,19-20H2,1H3,(H,29,32)/p+1/t22-/m1/s1. The van der Waals surface area contributed by atoms with Crippen molar-refractivity contribution in [3.05, 3.63) is 53.6 Å². The van der Waals surface area contributed by atoms with Crippen LogP contribution >= 0.6 is 0 Å². The first-order valence-electron chi connectivity index (χ1n) is 12.9. The van der Waals surface area contributed by atoms with E-state index < -0.39 is 0 Å². The van der Waals surface area contributed by atoms with Crippen LogP contribution in [-0.4, -0.2) is 57.7 Å². The zero-order valence-corrected chi connectivity index (χ0v) is 20.6. The highest BCUT2D eigenvalue weighted by atomic mass is 16.6. The second-order valence-corrected chi connectivity index (χ2v) is 9.41. The Bertz CT molecular complexity index is 985. The molecule has 2 aliphatic rings. The van der Waals surface area contributed by atoms with Crippen molar-refractivity contribution < 1.29 is 28.7 Å². The molecule has 0 radical (unpaired) electrons. The number of hydrogen-bond acceptors (Lipinski definition) is 5.